The molecular formula is C16H19ClN2O2. The third kappa shape index (κ3) is 4.09. The number of hydrogen-bond acceptors (Lipinski definition) is 4. The summed E-state index contributed by atoms with van der Waals surface area (Å²) < 4.78 is 11.1. The maximum atomic E-state index is 6.22. The topological polar surface area (TPSA) is 43.4 Å². The van der Waals surface area contributed by atoms with E-state index in [-0.39, 0.29) is 0 Å². The van der Waals surface area contributed by atoms with Crippen molar-refractivity contribution in [3.8, 4) is 11.5 Å². The predicted molar refractivity (Wildman–Crippen MR) is 84.1 cm³/mol. The quantitative estimate of drug-likeness (QED) is 0.889. The molecule has 1 aromatic heterocycles. The van der Waals surface area contributed by atoms with Crippen LogP contribution in [0.5, 0.6) is 11.5 Å². The third-order valence-corrected chi connectivity index (χ3v) is 3.29. The Morgan fingerprint density at radius 1 is 1.29 bits per heavy atom. The molecule has 0 atom stereocenters. The number of pyridine rings is 1. The standard InChI is InChI=1S/C16H19ClN2O2/c1-11-7-14(20-3)8-13(19-11)10-21-16-12(9-18-2)5-4-6-15(16)17/h4-8,18H,9-10H2,1-3H3. The number of para-hydroxylation sites is 1. The monoisotopic (exact) mass is 306 g/mol. The zero-order valence-electron chi connectivity index (χ0n) is 12.4. The molecule has 0 bridgehead atoms. The summed E-state index contributed by atoms with van der Waals surface area (Å²) in [7, 11) is 3.52. The van der Waals surface area contributed by atoms with E-state index >= 15 is 0 Å². The van der Waals surface area contributed by atoms with Crippen LogP contribution in [0, 0.1) is 6.92 Å². The van der Waals surface area contributed by atoms with Crippen LogP contribution in [0.15, 0.2) is 30.3 Å². The Kier molecular flexibility index (Phi) is 5.42. The maximum absolute atomic E-state index is 6.22. The van der Waals surface area contributed by atoms with Gasteiger partial charge in [0.05, 0.1) is 17.8 Å². The van der Waals surface area contributed by atoms with Gasteiger partial charge in [0.2, 0.25) is 0 Å². The van der Waals surface area contributed by atoms with Crippen LogP contribution in [0.1, 0.15) is 17.0 Å². The lowest BCUT2D eigenvalue weighted by Gasteiger charge is -2.13. The van der Waals surface area contributed by atoms with Gasteiger partial charge < -0.3 is 14.8 Å². The van der Waals surface area contributed by atoms with Crippen LogP contribution in [0.4, 0.5) is 0 Å². The van der Waals surface area contributed by atoms with Crippen molar-refractivity contribution >= 4 is 11.6 Å². The van der Waals surface area contributed by atoms with Crippen molar-refractivity contribution in [1.29, 1.82) is 0 Å². The number of nitrogens with one attached hydrogen (secondary N) is 1. The fourth-order valence-electron chi connectivity index (χ4n) is 2.09. The molecule has 0 saturated heterocycles. The maximum Gasteiger partial charge on any atom is 0.142 e. The summed E-state index contributed by atoms with van der Waals surface area (Å²) in [5.41, 5.74) is 2.72. The summed E-state index contributed by atoms with van der Waals surface area (Å²) in [6, 6.07) is 9.46. The molecule has 1 heterocycles. The highest BCUT2D eigenvalue weighted by Crippen LogP contribution is 2.29. The molecule has 0 aliphatic rings. The first kappa shape index (κ1) is 15.6. The van der Waals surface area contributed by atoms with Gasteiger partial charge in [0.1, 0.15) is 18.1 Å². The van der Waals surface area contributed by atoms with Crippen LogP contribution in [-0.2, 0) is 13.2 Å². The molecule has 2 aromatic rings. The summed E-state index contributed by atoms with van der Waals surface area (Å²) in [4.78, 5) is 4.44. The normalized spacial score (nSPS) is 10.5. The lowest BCUT2D eigenvalue weighted by atomic mass is 10.2. The van der Waals surface area contributed by atoms with Gasteiger partial charge in [-0.2, -0.15) is 0 Å². The molecule has 0 spiro atoms. The number of rotatable bonds is 6. The Morgan fingerprint density at radius 3 is 2.81 bits per heavy atom. The van der Waals surface area contributed by atoms with Gasteiger partial charge in [-0.05, 0) is 20.0 Å². The largest absolute Gasteiger partial charge is 0.497 e. The highest BCUT2D eigenvalue weighted by Gasteiger charge is 2.09. The minimum Gasteiger partial charge on any atom is -0.497 e. The molecule has 0 aliphatic heterocycles. The predicted octanol–water partition coefficient (Wildman–Crippen LogP) is 3.35. The smallest absolute Gasteiger partial charge is 0.142 e. The van der Waals surface area contributed by atoms with Crippen molar-refractivity contribution in [2.24, 2.45) is 0 Å². The molecule has 4 nitrogen and oxygen atoms in total. The Balaban J connectivity index is 2.18. The second-order valence-corrected chi connectivity index (χ2v) is 5.09. The zero-order chi connectivity index (χ0) is 15.2. The zero-order valence-corrected chi connectivity index (χ0v) is 13.2. The highest BCUT2D eigenvalue weighted by atomic mass is 35.5. The van der Waals surface area contributed by atoms with E-state index in [1.807, 2.05) is 44.3 Å². The van der Waals surface area contributed by atoms with Crippen LogP contribution in [0.25, 0.3) is 0 Å². The summed E-state index contributed by atoms with van der Waals surface area (Å²) in [5, 5.41) is 3.70. The molecule has 5 heteroatoms. The molecule has 0 fully saturated rings. The number of benzene rings is 1. The summed E-state index contributed by atoms with van der Waals surface area (Å²) in [5.74, 6) is 1.46. The minimum atomic E-state index is 0.346. The van der Waals surface area contributed by atoms with Gasteiger partial charge in [-0.25, -0.2) is 0 Å². The minimum absolute atomic E-state index is 0.346. The molecule has 21 heavy (non-hydrogen) atoms. The van der Waals surface area contributed by atoms with E-state index < -0.39 is 0 Å². The van der Waals surface area contributed by atoms with Crippen LogP contribution in [0.2, 0.25) is 5.02 Å². The second kappa shape index (κ2) is 7.29. The van der Waals surface area contributed by atoms with Crippen LogP contribution >= 0.6 is 11.6 Å². The van der Waals surface area contributed by atoms with E-state index in [9.17, 15) is 0 Å². The van der Waals surface area contributed by atoms with Gasteiger partial charge in [-0.3, -0.25) is 4.98 Å². The fourth-order valence-corrected chi connectivity index (χ4v) is 2.33. The molecule has 2 rings (SSSR count). The van der Waals surface area contributed by atoms with Gasteiger partial charge in [0.15, 0.2) is 0 Å². The molecule has 0 saturated carbocycles. The molecule has 0 unspecified atom stereocenters. The fraction of sp³-hybridized carbons (Fsp3) is 0.312. The Labute approximate surface area is 130 Å². The summed E-state index contributed by atoms with van der Waals surface area (Å²) >= 11 is 6.22. The highest BCUT2D eigenvalue weighted by molar-refractivity contribution is 6.32. The number of methoxy groups -OCH3 is 1. The van der Waals surface area contributed by atoms with E-state index in [4.69, 9.17) is 21.1 Å². The van der Waals surface area contributed by atoms with Crippen molar-refractivity contribution in [2.75, 3.05) is 14.2 Å². The van der Waals surface area contributed by atoms with E-state index in [1.165, 1.54) is 0 Å². The van der Waals surface area contributed by atoms with Crippen molar-refractivity contribution in [3.63, 3.8) is 0 Å². The van der Waals surface area contributed by atoms with E-state index in [0.29, 0.717) is 23.9 Å². The number of ether oxygens (including phenoxy) is 2. The molecule has 112 valence electrons. The number of hydrogen-bond donors (Lipinski definition) is 1. The lowest BCUT2D eigenvalue weighted by molar-refractivity contribution is 0.296. The average molecular weight is 307 g/mol. The van der Waals surface area contributed by atoms with E-state index in [0.717, 1.165) is 22.7 Å². The SMILES string of the molecule is CNCc1cccc(Cl)c1OCc1cc(OC)cc(C)n1. The Hall–Kier alpha value is -1.78. The summed E-state index contributed by atoms with van der Waals surface area (Å²) in [6.45, 7) is 2.97. The molecule has 0 aliphatic carbocycles. The average Bonchev–Trinajstić information content (AvgIpc) is 2.46. The number of halogens is 1. The van der Waals surface area contributed by atoms with Gasteiger partial charge in [-0.1, -0.05) is 23.7 Å². The first-order chi connectivity index (χ1) is 10.1. The van der Waals surface area contributed by atoms with Crippen LogP contribution < -0.4 is 14.8 Å². The first-order valence-electron chi connectivity index (χ1n) is 6.70. The van der Waals surface area contributed by atoms with Crippen molar-refractivity contribution in [3.05, 3.63) is 52.3 Å². The van der Waals surface area contributed by atoms with Gasteiger partial charge in [0, 0.05) is 29.9 Å². The van der Waals surface area contributed by atoms with Crippen molar-refractivity contribution in [2.45, 2.75) is 20.1 Å². The van der Waals surface area contributed by atoms with Crippen LogP contribution in [0.3, 0.4) is 0 Å². The van der Waals surface area contributed by atoms with Gasteiger partial charge in [0.25, 0.3) is 0 Å². The number of aromatic nitrogens is 1. The summed E-state index contributed by atoms with van der Waals surface area (Å²) in [6.07, 6.45) is 0. The van der Waals surface area contributed by atoms with Gasteiger partial charge >= 0.3 is 0 Å². The van der Waals surface area contributed by atoms with Crippen LogP contribution in [-0.4, -0.2) is 19.1 Å². The van der Waals surface area contributed by atoms with E-state index in [2.05, 4.69) is 10.3 Å². The number of aryl methyl sites for hydroxylation is 1. The lowest BCUT2D eigenvalue weighted by Crippen LogP contribution is -2.08. The first-order valence-corrected chi connectivity index (χ1v) is 7.08. The second-order valence-electron chi connectivity index (χ2n) is 4.69. The van der Waals surface area contributed by atoms with E-state index in [1.54, 1.807) is 7.11 Å². The molecule has 1 aromatic carbocycles. The Bertz CT molecular complexity index is 617. The molecular weight excluding hydrogens is 288 g/mol. The Morgan fingerprint density at radius 2 is 2.10 bits per heavy atom. The molecule has 0 radical (unpaired) electrons. The third-order valence-electron chi connectivity index (χ3n) is 3.00. The van der Waals surface area contributed by atoms with Gasteiger partial charge in [-0.15, -0.1) is 0 Å². The molecule has 0 amide bonds. The molecule has 1 N–H and O–H groups in total. The number of nitrogens with zero attached hydrogens (tertiary/aromatic N) is 1. The van der Waals surface area contributed by atoms with Crippen molar-refractivity contribution in [1.82, 2.24) is 10.3 Å². The van der Waals surface area contributed by atoms with Crippen molar-refractivity contribution < 1.29 is 9.47 Å².